The van der Waals surface area contributed by atoms with Gasteiger partial charge >= 0.3 is 6.09 Å². The van der Waals surface area contributed by atoms with Gasteiger partial charge in [-0.3, -0.25) is 9.69 Å². The molecule has 1 aromatic rings. The zero-order chi connectivity index (χ0) is 17.7. The summed E-state index contributed by atoms with van der Waals surface area (Å²) in [6.45, 7) is 0.894. The van der Waals surface area contributed by atoms with Crippen LogP contribution >= 0.6 is 11.6 Å². The van der Waals surface area contributed by atoms with Gasteiger partial charge in [0, 0.05) is 30.7 Å². The largest absolute Gasteiger partial charge is 0.496 e. The number of benzene rings is 1. The number of likely N-dealkylation sites (N-methyl/N-ethyl adjacent to an activating group) is 1. The van der Waals surface area contributed by atoms with E-state index in [9.17, 15) is 9.59 Å². The summed E-state index contributed by atoms with van der Waals surface area (Å²) in [5.41, 5.74) is 0.821. The molecule has 0 radical (unpaired) electrons. The van der Waals surface area contributed by atoms with E-state index in [0.29, 0.717) is 30.3 Å². The van der Waals surface area contributed by atoms with Crippen LogP contribution in [0.1, 0.15) is 24.8 Å². The lowest BCUT2D eigenvalue weighted by Gasteiger charge is -2.35. The van der Waals surface area contributed by atoms with Gasteiger partial charge < -0.3 is 14.4 Å². The number of piperidine rings is 1. The van der Waals surface area contributed by atoms with Crippen LogP contribution in [0.25, 0.3) is 0 Å². The molecule has 1 aromatic carbocycles. The molecule has 1 aliphatic rings. The van der Waals surface area contributed by atoms with Crippen LogP contribution in [0.2, 0.25) is 5.02 Å². The summed E-state index contributed by atoms with van der Waals surface area (Å²) >= 11 is 6.04. The van der Waals surface area contributed by atoms with E-state index < -0.39 is 12.1 Å². The predicted molar refractivity (Wildman–Crippen MR) is 91.2 cm³/mol. The molecule has 132 valence electrons. The van der Waals surface area contributed by atoms with Crippen LogP contribution in [-0.4, -0.2) is 55.7 Å². The molecule has 0 N–H and O–H groups in total. The Labute approximate surface area is 147 Å². The first kappa shape index (κ1) is 18.4. The molecule has 1 aliphatic heterocycles. The Bertz CT molecular complexity index is 608. The highest BCUT2D eigenvalue weighted by molar-refractivity contribution is 6.30. The highest BCUT2D eigenvalue weighted by atomic mass is 35.5. The van der Waals surface area contributed by atoms with Crippen LogP contribution in [0.5, 0.6) is 5.75 Å². The summed E-state index contributed by atoms with van der Waals surface area (Å²) in [7, 11) is 4.63. The van der Waals surface area contributed by atoms with Crippen molar-refractivity contribution in [1.29, 1.82) is 0 Å². The Morgan fingerprint density at radius 2 is 2.08 bits per heavy atom. The van der Waals surface area contributed by atoms with E-state index in [1.165, 1.54) is 12.0 Å². The van der Waals surface area contributed by atoms with Crippen molar-refractivity contribution in [3.05, 3.63) is 28.8 Å². The number of carbonyl (C=O) groups is 2. The van der Waals surface area contributed by atoms with Crippen molar-refractivity contribution in [2.24, 2.45) is 0 Å². The average Bonchev–Trinajstić information content (AvgIpc) is 2.60. The summed E-state index contributed by atoms with van der Waals surface area (Å²) in [6, 6.07) is 4.81. The summed E-state index contributed by atoms with van der Waals surface area (Å²) < 4.78 is 10.1. The quantitative estimate of drug-likeness (QED) is 0.834. The molecule has 0 bridgehead atoms. The van der Waals surface area contributed by atoms with Gasteiger partial charge in [0.15, 0.2) is 0 Å². The third kappa shape index (κ3) is 4.12. The number of nitrogens with zero attached hydrogens (tertiary/aromatic N) is 2. The fourth-order valence-electron chi connectivity index (χ4n) is 2.98. The Balaban J connectivity index is 2.13. The topological polar surface area (TPSA) is 59.1 Å². The average molecular weight is 355 g/mol. The number of hydrogen-bond donors (Lipinski definition) is 0. The van der Waals surface area contributed by atoms with Crippen LogP contribution in [-0.2, 0) is 16.1 Å². The zero-order valence-electron chi connectivity index (χ0n) is 14.3. The minimum atomic E-state index is -0.485. The number of likely N-dealkylation sites (tertiary alicyclic amines) is 1. The molecule has 0 aromatic heterocycles. The fraction of sp³-hybridized carbons (Fsp3) is 0.529. The molecule has 0 aliphatic carbocycles. The van der Waals surface area contributed by atoms with Gasteiger partial charge in [-0.15, -0.1) is 0 Å². The molecule has 0 saturated carbocycles. The highest BCUT2D eigenvalue weighted by Crippen LogP contribution is 2.25. The number of carbonyl (C=O) groups excluding carboxylic acids is 2. The number of halogens is 1. The number of amides is 2. The van der Waals surface area contributed by atoms with Crippen molar-refractivity contribution in [2.75, 3.05) is 27.8 Å². The van der Waals surface area contributed by atoms with E-state index >= 15 is 0 Å². The van der Waals surface area contributed by atoms with Gasteiger partial charge in [0.2, 0.25) is 5.91 Å². The second-order valence-corrected chi connectivity index (χ2v) is 6.26. The smallest absolute Gasteiger partial charge is 0.410 e. The third-order valence-corrected chi connectivity index (χ3v) is 4.46. The maximum atomic E-state index is 12.8. The van der Waals surface area contributed by atoms with E-state index in [1.807, 2.05) is 0 Å². The summed E-state index contributed by atoms with van der Waals surface area (Å²) in [5.74, 6) is 0.564. The molecule has 1 saturated heterocycles. The van der Waals surface area contributed by atoms with Crippen molar-refractivity contribution in [3.63, 3.8) is 0 Å². The second kappa shape index (κ2) is 8.24. The van der Waals surface area contributed by atoms with E-state index in [-0.39, 0.29) is 5.91 Å². The number of methoxy groups -OCH3 is 2. The summed E-state index contributed by atoms with van der Waals surface area (Å²) in [6.07, 6.45) is 1.98. The summed E-state index contributed by atoms with van der Waals surface area (Å²) in [4.78, 5) is 27.8. The minimum absolute atomic E-state index is 0.109. The van der Waals surface area contributed by atoms with Crippen molar-refractivity contribution >= 4 is 23.6 Å². The molecule has 0 spiro atoms. The number of ether oxygens (including phenoxy) is 2. The SMILES string of the molecule is COC(=O)N1CCCCC1C(=O)N(C)Cc1cc(Cl)ccc1OC. The Morgan fingerprint density at radius 3 is 2.75 bits per heavy atom. The van der Waals surface area contributed by atoms with Gasteiger partial charge in [-0.2, -0.15) is 0 Å². The lowest BCUT2D eigenvalue weighted by molar-refractivity contribution is -0.136. The van der Waals surface area contributed by atoms with Crippen LogP contribution < -0.4 is 4.74 Å². The molecular weight excluding hydrogens is 332 g/mol. The lowest BCUT2D eigenvalue weighted by Crippen LogP contribution is -2.52. The molecule has 7 heteroatoms. The van der Waals surface area contributed by atoms with E-state index in [1.54, 1.807) is 37.3 Å². The Morgan fingerprint density at radius 1 is 1.33 bits per heavy atom. The fourth-order valence-corrected chi connectivity index (χ4v) is 3.18. The van der Waals surface area contributed by atoms with Gasteiger partial charge in [0.1, 0.15) is 11.8 Å². The Kier molecular flexibility index (Phi) is 6.31. The van der Waals surface area contributed by atoms with Crippen LogP contribution in [0.15, 0.2) is 18.2 Å². The monoisotopic (exact) mass is 354 g/mol. The van der Waals surface area contributed by atoms with E-state index in [2.05, 4.69) is 0 Å². The van der Waals surface area contributed by atoms with Crippen LogP contribution in [0.4, 0.5) is 4.79 Å². The lowest BCUT2D eigenvalue weighted by atomic mass is 10.0. The van der Waals surface area contributed by atoms with Gasteiger partial charge in [-0.05, 0) is 37.5 Å². The first-order valence-electron chi connectivity index (χ1n) is 7.90. The normalized spacial score (nSPS) is 17.3. The van der Waals surface area contributed by atoms with Gasteiger partial charge in [0.25, 0.3) is 0 Å². The van der Waals surface area contributed by atoms with Gasteiger partial charge in [0.05, 0.1) is 14.2 Å². The molecular formula is C17H23ClN2O4. The molecule has 1 fully saturated rings. The minimum Gasteiger partial charge on any atom is -0.496 e. The molecule has 2 amide bonds. The van der Waals surface area contributed by atoms with E-state index in [0.717, 1.165) is 18.4 Å². The maximum absolute atomic E-state index is 12.8. The van der Waals surface area contributed by atoms with Gasteiger partial charge in [-0.1, -0.05) is 11.6 Å². The second-order valence-electron chi connectivity index (χ2n) is 5.83. The number of rotatable bonds is 4. The molecule has 1 unspecified atom stereocenters. The maximum Gasteiger partial charge on any atom is 0.410 e. The van der Waals surface area contributed by atoms with Crippen molar-refractivity contribution in [1.82, 2.24) is 9.80 Å². The predicted octanol–water partition coefficient (Wildman–Crippen LogP) is 2.93. The highest BCUT2D eigenvalue weighted by Gasteiger charge is 2.34. The zero-order valence-corrected chi connectivity index (χ0v) is 15.0. The molecule has 6 nitrogen and oxygen atoms in total. The van der Waals surface area contributed by atoms with Crippen molar-refractivity contribution in [3.8, 4) is 5.75 Å². The van der Waals surface area contributed by atoms with Crippen LogP contribution in [0.3, 0.4) is 0 Å². The number of hydrogen-bond acceptors (Lipinski definition) is 4. The van der Waals surface area contributed by atoms with Crippen LogP contribution in [0, 0.1) is 0 Å². The molecule has 1 heterocycles. The molecule has 1 atom stereocenters. The van der Waals surface area contributed by atoms with Crippen molar-refractivity contribution < 1.29 is 19.1 Å². The Hall–Kier alpha value is -1.95. The third-order valence-electron chi connectivity index (χ3n) is 4.22. The van der Waals surface area contributed by atoms with E-state index in [4.69, 9.17) is 21.1 Å². The molecule has 2 rings (SSSR count). The van der Waals surface area contributed by atoms with Crippen molar-refractivity contribution in [2.45, 2.75) is 31.8 Å². The summed E-state index contributed by atoms with van der Waals surface area (Å²) in [5, 5.41) is 0.584. The van der Waals surface area contributed by atoms with Gasteiger partial charge in [-0.25, -0.2) is 4.79 Å². The molecule has 24 heavy (non-hydrogen) atoms. The first-order chi connectivity index (χ1) is 11.5. The first-order valence-corrected chi connectivity index (χ1v) is 8.27. The standard InChI is InChI=1S/C17H23ClN2O4/c1-19(11-12-10-13(18)7-8-15(12)23-2)16(21)14-6-4-5-9-20(14)17(22)24-3/h7-8,10,14H,4-6,9,11H2,1-3H3.